The Morgan fingerprint density at radius 3 is 2.38 bits per heavy atom. The van der Waals surface area contributed by atoms with Crippen molar-refractivity contribution in [3.8, 4) is 0 Å². The zero-order valence-corrected chi connectivity index (χ0v) is 7.58. The summed E-state index contributed by atoms with van der Waals surface area (Å²) in [7, 11) is 9.72. The van der Waals surface area contributed by atoms with Crippen LogP contribution in [0.5, 0.6) is 0 Å². The van der Waals surface area contributed by atoms with Gasteiger partial charge in [0.25, 0.3) is 0 Å². The zero-order chi connectivity index (χ0) is 6.24. The third kappa shape index (κ3) is 6.79. The zero-order valence-electron chi connectivity index (χ0n) is 3.90. The van der Waals surface area contributed by atoms with Crippen LogP contribution in [0.25, 0.3) is 0 Å². The van der Waals surface area contributed by atoms with Crippen LogP contribution in [0.3, 0.4) is 0 Å². The average molecular weight is 339 g/mol. The van der Waals surface area contributed by atoms with Crippen LogP contribution in [0.15, 0.2) is 4.99 Å². The molecule has 0 amide bonds. The van der Waals surface area contributed by atoms with E-state index in [9.17, 15) is 0 Å². The van der Waals surface area contributed by atoms with Gasteiger partial charge in [0.15, 0.2) is 6.40 Å². The number of rotatable bonds is 0. The number of halogens is 2. The Bertz CT molecular complexity index is 64.3. The summed E-state index contributed by atoms with van der Waals surface area (Å²) in [6.07, 6.45) is 1.49. The SMILES string of the molecule is C1=NCCO1.[Cl][Au][Cl]. The Balaban J connectivity index is 0.000000145. The average Bonchev–Trinajstić information content (AvgIpc) is 2.17. The molecule has 1 heterocycles. The first-order valence-corrected chi connectivity index (χ1v) is 7.20. The molecule has 0 bridgehead atoms. The van der Waals surface area contributed by atoms with E-state index in [-0.39, 0.29) is 17.6 Å². The maximum atomic E-state index is 4.86. The number of nitrogens with zero attached hydrogens (tertiary/aromatic N) is 1. The second kappa shape index (κ2) is 7.79. The molecule has 0 spiro atoms. The minimum atomic E-state index is -0.389. The van der Waals surface area contributed by atoms with Crippen LogP contribution in [0, 0.1) is 0 Å². The Hall–Kier alpha value is 0.790. The molecule has 0 unspecified atom stereocenters. The number of hydrogen-bond donors (Lipinski definition) is 0. The van der Waals surface area contributed by atoms with Crippen molar-refractivity contribution in [2.45, 2.75) is 0 Å². The molecule has 0 aromatic heterocycles. The predicted molar refractivity (Wildman–Crippen MR) is 31.0 cm³/mol. The molecule has 0 N–H and O–H groups in total. The van der Waals surface area contributed by atoms with Crippen molar-refractivity contribution in [1.82, 2.24) is 0 Å². The second-order valence-electron chi connectivity index (χ2n) is 0.925. The number of aliphatic imine (C=N–C) groups is 1. The molecule has 1 rings (SSSR count). The van der Waals surface area contributed by atoms with Crippen LogP contribution < -0.4 is 0 Å². The predicted octanol–water partition coefficient (Wildman–Crippen LogP) is 1.42. The molecule has 0 aliphatic carbocycles. The molecule has 5 heteroatoms. The van der Waals surface area contributed by atoms with Crippen molar-refractivity contribution >= 4 is 24.8 Å². The van der Waals surface area contributed by atoms with Gasteiger partial charge in [-0.25, -0.2) is 0 Å². The fraction of sp³-hybridized carbons (Fsp3) is 0.667. The van der Waals surface area contributed by atoms with Crippen LogP contribution in [-0.4, -0.2) is 19.6 Å². The summed E-state index contributed by atoms with van der Waals surface area (Å²) in [6.45, 7) is 1.62. The molecule has 0 saturated carbocycles. The fourth-order valence-corrected chi connectivity index (χ4v) is 0.264. The van der Waals surface area contributed by atoms with E-state index in [2.05, 4.69) is 9.73 Å². The van der Waals surface area contributed by atoms with Crippen molar-refractivity contribution < 1.29 is 22.3 Å². The van der Waals surface area contributed by atoms with Gasteiger partial charge in [0.05, 0.1) is 6.54 Å². The van der Waals surface area contributed by atoms with Crippen molar-refractivity contribution in [3.05, 3.63) is 0 Å². The molecule has 0 fully saturated rings. The van der Waals surface area contributed by atoms with Crippen molar-refractivity contribution in [1.29, 1.82) is 0 Å². The first-order valence-electron chi connectivity index (χ1n) is 1.83. The Morgan fingerprint density at radius 2 is 2.25 bits per heavy atom. The van der Waals surface area contributed by atoms with Crippen LogP contribution in [-0.2, 0) is 22.3 Å². The summed E-state index contributed by atoms with van der Waals surface area (Å²) in [4.78, 5) is 3.74. The van der Waals surface area contributed by atoms with E-state index in [1.807, 2.05) is 0 Å². The van der Waals surface area contributed by atoms with Gasteiger partial charge in [-0.2, -0.15) is 0 Å². The fourth-order valence-electron chi connectivity index (χ4n) is 0.264. The summed E-state index contributed by atoms with van der Waals surface area (Å²) >= 11 is -0.389. The van der Waals surface area contributed by atoms with Crippen LogP contribution in [0.2, 0.25) is 0 Å². The summed E-state index contributed by atoms with van der Waals surface area (Å²) < 4.78 is 4.65. The van der Waals surface area contributed by atoms with Gasteiger partial charge in [-0.15, -0.1) is 0 Å². The Morgan fingerprint density at radius 1 is 1.62 bits per heavy atom. The van der Waals surface area contributed by atoms with E-state index in [0.717, 1.165) is 13.2 Å². The van der Waals surface area contributed by atoms with E-state index < -0.39 is 0 Å². The van der Waals surface area contributed by atoms with Crippen molar-refractivity contribution in [2.75, 3.05) is 13.2 Å². The van der Waals surface area contributed by atoms with Crippen molar-refractivity contribution in [3.63, 3.8) is 0 Å². The van der Waals surface area contributed by atoms with Gasteiger partial charge in [-0.3, -0.25) is 4.99 Å². The molecule has 0 saturated heterocycles. The molecule has 1 aliphatic heterocycles. The molecule has 0 aromatic carbocycles. The van der Waals surface area contributed by atoms with Crippen LogP contribution >= 0.6 is 18.4 Å². The molecule has 0 radical (unpaired) electrons. The van der Waals surface area contributed by atoms with Gasteiger partial charge in [0, 0.05) is 0 Å². The molecule has 2 nitrogen and oxygen atoms in total. The molecular weight excluding hydrogens is 334 g/mol. The molecule has 0 aromatic rings. The van der Waals surface area contributed by atoms with E-state index in [4.69, 9.17) is 18.4 Å². The summed E-state index contributed by atoms with van der Waals surface area (Å²) in [6, 6.07) is 0. The summed E-state index contributed by atoms with van der Waals surface area (Å²) in [5, 5.41) is 0. The Kier molecular flexibility index (Phi) is 8.56. The first-order chi connectivity index (χ1) is 3.91. The van der Waals surface area contributed by atoms with E-state index in [1.165, 1.54) is 6.40 Å². The second-order valence-corrected chi connectivity index (χ2v) is 4.06. The first kappa shape index (κ1) is 8.79. The van der Waals surface area contributed by atoms with Gasteiger partial charge in [0.2, 0.25) is 0 Å². The third-order valence-electron chi connectivity index (χ3n) is 0.487. The topological polar surface area (TPSA) is 21.6 Å². The van der Waals surface area contributed by atoms with Crippen molar-refractivity contribution in [2.24, 2.45) is 4.99 Å². The molecule has 8 heavy (non-hydrogen) atoms. The monoisotopic (exact) mass is 338 g/mol. The van der Waals surface area contributed by atoms with Crippen LogP contribution in [0.1, 0.15) is 0 Å². The molecule has 53 valence electrons. The van der Waals surface area contributed by atoms with Crippen LogP contribution in [0.4, 0.5) is 0 Å². The summed E-state index contributed by atoms with van der Waals surface area (Å²) in [5.74, 6) is 0. The van der Waals surface area contributed by atoms with E-state index in [0.29, 0.717) is 0 Å². The quantitative estimate of drug-likeness (QED) is 0.612. The van der Waals surface area contributed by atoms with Gasteiger partial charge < -0.3 is 4.74 Å². The van der Waals surface area contributed by atoms with E-state index >= 15 is 0 Å². The normalized spacial score (nSPS) is 14.8. The van der Waals surface area contributed by atoms with E-state index in [1.54, 1.807) is 0 Å². The third-order valence-corrected chi connectivity index (χ3v) is 0.487. The van der Waals surface area contributed by atoms with Gasteiger partial charge in [-0.1, -0.05) is 0 Å². The molecular formula is C3H5AuCl2NO. The minimum absolute atomic E-state index is 0.389. The van der Waals surface area contributed by atoms with Gasteiger partial charge in [-0.05, 0) is 0 Å². The Labute approximate surface area is 65.2 Å². The molecule has 1 aliphatic rings. The number of hydrogen-bond acceptors (Lipinski definition) is 2. The summed E-state index contributed by atoms with van der Waals surface area (Å²) in [5.41, 5.74) is 0. The molecule has 0 atom stereocenters. The standard InChI is InChI=1S/C3H5NO.Au.2ClH/c1-2-5-3-4-1;;;/h3H,1-2H2;;2*1H/q;+2;;/p-2. The van der Waals surface area contributed by atoms with Gasteiger partial charge >= 0.3 is 36.0 Å². The number of ether oxygens (including phenoxy) is 1. The maximum absolute atomic E-state index is 4.86. The van der Waals surface area contributed by atoms with Gasteiger partial charge in [0.1, 0.15) is 6.61 Å².